The van der Waals surface area contributed by atoms with E-state index in [1.54, 1.807) is 13.2 Å². The second kappa shape index (κ2) is 6.54. The van der Waals surface area contributed by atoms with Crippen molar-refractivity contribution in [3.63, 3.8) is 0 Å². The van der Waals surface area contributed by atoms with Crippen molar-refractivity contribution in [1.82, 2.24) is 20.1 Å². The number of likely N-dealkylation sites (N-methyl/N-ethyl adjacent to an activating group) is 1. The zero-order valence-electron chi connectivity index (χ0n) is 14.3. The van der Waals surface area contributed by atoms with Crippen LogP contribution in [0.4, 0.5) is 5.69 Å². The molecular weight excluding hydrogens is 338 g/mol. The SMILES string of the molecule is COc1ccc(N2CCN(C)CC2)cc1-c1n[nH]c2nc(Cl)ccc12. The minimum Gasteiger partial charge on any atom is -0.496 e. The van der Waals surface area contributed by atoms with Crippen molar-refractivity contribution in [3.05, 3.63) is 35.5 Å². The highest BCUT2D eigenvalue weighted by Gasteiger charge is 2.19. The summed E-state index contributed by atoms with van der Waals surface area (Å²) in [7, 11) is 3.84. The molecule has 6 nitrogen and oxygen atoms in total. The Labute approximate surface area is 151 Å². The highest BCUT2D eigenvalue weighted by atomic mass is 35.5. The van der Waals surface area contributed by atoms with Crippen LogP contribution in [0, 0.1) is 0 Å². The van der Waals surface area contributed by atoms with Crippen LogP contribution in [0.25, 0.3) is 22.3 Å². The van der Waals surface area contributed by atoms with E-state index in [4.69, 9.17) is 16.3 Å². The molecule has 3 heterocycles. The summed E-state index contributed by atoms with van der Waals surface area (Å²) >= 11 is 5.98. The number of benzene rings is 1. The number of ether oxygens (including phenoxy) is 1. The molecule has 0 saturated carbocycles. The zero-order chi connectivity index (χ0) is 17.4. The van der Waals surface area contributed by atoms with Gasteiger partial charge in [0.25, 0.3) is 0 Å². The maximum atomic E-state index is 5.98. The van der Waals surface area contributed by atoms with Gasteiger partial charge in [0.2, 0.25) is 0 Å². The van der Waals surface area contributed by atoms with E-state index < -0.39 is 0 Å². The van der Waals surface area contributed by atoms with Crippen LogP contribution >= 0.6 is 11.6 Å². The van der Waals surface area contributed by atoms with Crippen molar-refractivity contribution in [1.29, 1.82) is 0 Å². The normalized spacial score (nSPS) is 15.7. The number of piperazine rings is 1. The third kappa shape index (κ3) is 3.03. The number of halogens is 1. The molecule has 7 heteroatoms. The van der Waals surface area contributed by atoms with E-state index in [-0.39, 0.29) is 0 Å². The molecular formula is C18H20ClN5O. The van der Waals surface area contributed by atoms with Crippen LogP contribution in [0.1, 0.15) is 0 Å². The lowest BCUT2D eigenvalue weighted by Gasteiger charge is -2.34. The summed E-state index contributed by atoms with van der Waals surface area (Å²) in [6.45, 7) is 4.16. The predicted octanol–water partition coefficient (Wildman–Crippen LogP) is 3.04. The highest BCUT2D eigenvalue weighted by molar-refractivity contribution is 6.29. The summed E-state index contributed by atoms with van der Waals surface area (Å²) in [5.41, 5.74) is 3.64. The molecule has 25 heavy (non-hydrogen) atoms. The summed E-state index contributed by atoms with van der Waals surface area (Å²) < 4.78 is 5.57. The van der Waals surface area contributed by atoms with Gasteiger partial charge in [0, 0.05) is 42.8 Å². The Bertz CT molecular complexity index is 902. The fraction of sp³-hybridized carbons (Fsp3) is 0.333. The van der Waals surface area contributed by atoms with Crippen molar-refractivity contribution in [2.24, 2.45) is 0 Å². The average molecular weight is 358 g/mol. The Kier molecular flexibility index (Phi) is 4.23. The second-order valence-electron chi connectivity index (χ2n) is 6.28. The maximum Gasteiger partial charge on any atom is 0.157 e. The molecule has 130 valence electrons. The largest absolute Gasteiger partial charge is 0.496 e. The molecule has 0 radical (unpaired) electrons. The zero-order valence-corrected chi connectivity index (χ0v) is 15.0. The van der Waals surface area contributed by atoms with Crippen LogP contribution in [-0.4, -0.2) is 60.4 Å². The molecule has 0 spiro atoms. The Morgan fingerprint density at radius 2 is 1.92 bits per heavy atom. The van der Waals surface area contributed by atoms with Crippen molar-refractivity contribution in [2.75, 3.05) is 45.2 Å². The lowest BCUT2D eigenvalue weighted by atomic mass is 10.1. The number of nitrogens with zero attached hydrogens (tertiary/aromatic N) is 4. The number of anilines is 1. The van der Waals surface area contributed by atoms with Gasteiger partial charge >= 0.3 is 0 Å². The average Bonchev–Trinajstić information content (AvgIpc) is 3.04. The number of fused-ring (bicyclic) bond motifs is 1. The van der Waals surface area contributed by atoms with Crippen LogP contribution < -0.4 is 9.64 Å². The summed E-state index contributed by atoms with van der Waals surface area (Å²) in [4.78, 5) is 9.03. The van der Waals surface area contributed by atoms with Crippen LogP contribution in [0.2, 0.25) is 5.15 Å². The standard InChI is InChI=1S/C18H20ClN5O/c1-23-7-9-24(10-8-23)12-3-5-15(25-2)14(11-12)17-13-4-6-16(19)20-18(13)22-21-17/h3-6,11H,7-10H2,1-2H3,(H,20,21,22). The number of aromatic nitrogens is 3. The van der Waals surface area contributed by atoms with Gasteiger partial charge in [-0.05, 0) is 37.4 Å². The van der Waals surface area contributed by atoms with E-state index in [0.29, 0.717) is 10.8 Å². The molecule has 4 rings (SSSR count). The monoisotopic (exact) mass is 357 g/mol. The van der Waals surface area contributed by atoms with Crippen LogP contribution in [0.3, 0.4) is 0 Å². The molecule has 1 aromatic carbocycles. The first-order chi connectivity index (χ1) is 12.2. The Morgan fingerprint density at radius 3 is 2.68 bits per heavy atom. The first kappa shape index (κ1) is 16.2. The predicted molar refractivity (Wildman–Crippen MR) is 101 cm³/mol. The van der Waals surface area contributed by atoms with E-state index in [2.05, 4.69) is 44.2 Å². The third-order valence-corrected chi connectivity index (χ3v) is 4.91. The molecule has 1 aliphatic rings. The van der Waals surface area contributed by atoms with Gasteiger partial charge < -0.3 is 14.5 Å². The fourth-order valence-electron chi connectivity index (χ4n) is 3.23. The van der Waals surface area contributed by atoms with Crippen molar-refractivity contribution in [3.8, 4) is 17.0 Å². The first-order valence-corrected chi connectivity index (χ1v) is 8.66. The van der Waals surface area contributed by atoms with E-state index in [0.717, 1.165) is 48.6 Å². The van der Waals surface area contributed by atoms with E-state index >= 15 is 0 Å². The molecule has 0 amide bonds. The van der Waals surface area contributed by atoms with Gasteiger partial charge in [0.1, 0.15) is 16.6 Å². The van der Waals surface area contributed by atoms with Gasteiger partial charge in [-0.1, -0.05) is 11.6 Å². The number of rotatable bonds is 3. The molecule has 0 atom stereocenters. The second-order valence-corrected chi connectivity index (χ2v) is 6.66. The number of aromatic amines is 1. The van der Waals surface area contributed by atoms with E-state index in [9.17, 15) is 0 Å². The summed E-state index contributed by atoms with van der Waals surface area (Å²) in [5.74, 6) is 0.793. The number of pyridine rings is 1. The van der Waals surface area contributed by atoms with Gasteiger partial charge in [-0.2, -0.15) is 5.10 Å². The number of hydrogen-bond donors (Lipinski definition) is 1. The molecule has 1 N–H and O–H groups in total. The lowest BCUT2D eigenvalue weighted by Crippen LogP contribution is -2.44. The number of hydrogen-bond acceptors (Lipinski definition) is 5. The molecule has 1 fully saturated rings. The lowest BCUT2D eigenvalue weighted by molar-refractivity contribution is 0.313. The van der Waals surface area contributed by atoms with Crippen molar-refractivity contribution < 1.29 is 4.74 Å². The van der Waals surface area contributed by atoms with Crippen LogP contribution in [0.5, 0.6) is 5.75 Å². The Morgan fingerprint density at radius 1 is 1.12 bits per heavy atom. The number of H-pyrrole nitrogens is 1. The highest BCUT2D eigenvalue weighted by Crippen LogP contribution is 2.36. The molecule has 2 aromatic heterocycles. The molecule has 0 bridgehead atoms. The Balaban J connectivity index is 1.78. The third-order valence-electron chi connectivity index (χ3n) is 4.70. The van der Waals surface area contributed by atoms with Crippen LogP contribution in [-0.2, 0) is 0 Å². The smallest absolute Gasteiger partial charge is 0.157 e. The number of nitrogens with one attached hydrogen (secondary N) is 1. The summed E-state index contributed by atoms with van der Waals surface area (Å²) in [5, 5.41) is 8.80. The molecule has 0 aliphatic carbocycles. The van der Waals surface area contributed by atoms with Gasteiger partial charge in [0.15, 0.2) is 5.65 Å². The van der Waals surface area contributed by atoms with E-state index in [1.165, 1.54) is 5.69 Å². The topological polar surface area (TPSA) is 57.3 Å². The van der Waals surface area contributed by atoms with Gasteiger partial charge in [0.05, 0.1) is 7.11 Å². The van der Waals surface area contributed by atoms with Crippen LogP contribution in [0.15, 0.2) is 30.3 Å². The first-order valence-electron chi connectivity index (χ1n) is 8.28. The number of methoxy groups -OCH3 is 1. The molecule has 1 saturated heterocycles. The molecule has 1 aliphatic heterocycles. The molecule has 0 unspecified atom stereocenters. The minimum absolute atomic E-state index is 0.445. The van der Waals surface area contributed by atoms with Gasteiger partial charge in [-0.15, -0.1) is 0 Å². The summed E-state index contributed by atoms with van der Waals surface area (Å²) in [6, 6.07) is 9.98. The van der Waals surface area contributed by atoms with Gasteiger partial charge in [-0.3, -0.25) is 5.10 Å². The summed E-state index contributed by atoms with van der Waals surface area (Å²) in [6.07, 6.45) is 0. The van der Waals surface area contributed by atoms with Gasteiger partial charge in [-0.25, -0.2) is 4.98 Å². The maximum absolute atomic E-state index is 5.98. The fourth-order valence-corrected chi connectivity index (χ4v) is 3.38. The van der Waals surface area contributed by atoms with Crippen molar-refractivity contribution >= 4 is 28.3 Å². The van der Waals surface area contributed by atoms with E-state index in [1.807, 2.05) is 12.1 Å². The quantitative estimate of drug-likeness (QED) is 0.730. The minimum atomic E-state index is 0.445. The van der Waals surface area contributed by atoms with Crippen molar-refractivity contribution in [2.45, 2.75) is 0 Å². The molecule has 3 aromatic rings. The Hall–Kier alpha value is -2.31.